The molecule has 0 saturated carbocycles. The molecule has 15 rings (SSSR count). The van der Waals surface area contributed by atoms with E-state index in [9.17, 15) is 61.6 Å². The molecule has 15 nitrogen and oxygen atoms in total. The van der Waals surface area contributed by atoms with Crippen LogP contribution in [0.25, 0.3) is 65.6 Å². The molecule has 510 valence electrons. The average Bonchev–Trinajstić information content (AvgIpc) is 0.748. The minimum atomic E-state index is -0.841. The van der Waals surface area contributed by atoms with E-state index in [4.69, 9.17) is 59.7 Å². The fourth-order valence-corrected chi connectivity index (χ4v) is 14.5. The largest absolute Gasteiger partial charge is 0.505 e. The van der Waals surface area contributed by atoms with Crippen LogP contribution in [-0.4, -0.2) is 29.0 Å². The fraction of sp³-hybridized carbons (Fsp3) is 0.0400. The van der Waals surface area contributed by atoms with Gasteiger partial charge in [0, 0.05) is 55.4 Å². The summed E-state index contributed by atoms with van der Waals surface area (Å²) in [5, 5.41) is 35.7. The second kappa shape index (κ2) is 29.6. The van der Waals surface area contributed by atoms with E-state index >= 15 is 0 Å². The van der Waals surface area contributed by atoms with Gasteiger partial charge < -0.3 is 42.3 Å². The maximum Gasteiger partial charge on any atom is 0.354 e. The van der Waals surface area contributed by atoms with Gasteiger partial charge >= 0.3 is 16.9 Å². The van der Waals surface area contributed by atoms with Gasteiger partial charge in [-0.05, 0) is 180 Å². The van der Waals surface area contributed by atoms with Crippen molar-refractivity contribution in [2.45, 2.75) is 49.0 Å². The summed E-state index contributed by atoms with van der Waals surface area (Å²) in [4.78, 5) is 80.6. The zero-order chi connectivity index (χ0) is 71.9. The first-order chi connectivity index (χ1) is 48.9. The summed E-state index contributed by atoms with van der Waals surface area (Å²) < 4.78 is 75.1. The number of aromatic hydroxyl groups is 3. The van der Waals surface area contributed by atoms with E-state index in [2.05, 4.69) is 15.9 Å². The van der Waals surface area contributed by atoms with Crippen LogP contribution in [0.15, 0.2) is 276 Å². The van der Waals surface area contributed by atoms with Crippen molar-refractivity contribution in [1.82, 2.24) is 13.7 Å². The lowest BCUT2D eigenvalue weighted by Gasteiger charge is -2.14. The number of hydrogen-bond donors (Lipinski definition) is 3. The fourth-order valence-electron chi connectivity index (χ4n) is 11.1. The maximum absolute atomic E-state index is 13.6. The van der Waals surface area contributed by atoms with Gasteiger partial charge in [0.05, 0.1) is 36.2 Å². The molecule has 27 heteroatoms. The van der Waals surface area contributed by atoms with Crippen LogP contribution in [0.4, 0.5) is 17.6 Å². The van der Waals surface area contributed by atoms with Gasteiger partial charge in [0.25, 0.3) is 16.7 Å². The van der Waals surface area contributed by atoms with E-state index in [0.29, 0.717) is 84.2 Å². The summed E-state index contributed by atoms with van der Waals surface area (Å²) in [5.41, 5.74) is -1.06. The molecule has 15 aromatic rings. The third-order valence-corrected chi connectivity index (χ3v) is 20.6. The summed E-state index contributed by atoms with van der Waals surface area (Å²) in [7, 11) is 0. The molecule has 0 atom stereocenters. The number of aromatic nitrogens is 3. The molecule has 9 aromatic carbocycles. The van der Waals surface area contributed by atoms with Crippen molar-refractivity contribution in [3.63, 3.8) is 0 Å². The summed E-state index contributed by atoms with van der Waals surface area (Å²) in [6.45, 7) is 0.245. The number of rotatable bonds is 12. The zero-order valence-corrected chi connectivity index (χ0v) is 58.7. The Morgan fingerprint density at radius 3 is 0.873 bits per heavy atom. The van der Waals surface area contributed by atoms with Gasteiger partial charge in [0.1, 0.15) is 54.1 Å². The van der Waals surface area contributed by atoms with Crippen molar-refractivity contribution in [1.29, 1.82) is 0 Å². The summed E-state index contributed by atoms with van der Waals surface area (Å²) in [5.74, 6) is -3.11. The van der Waals surface area contributed by atoms with Gasteiger partial charge in [-0.3, -0.25) is 14.4 Å². The number of nitrogens with zero attached hydrogens (tertiary/aromatic N) is 3. The van der Waals surface area contributed by atoms with Crippen molar-refractivity contribution in [3.8, 4) is 17.2 Å². The molecule has 0 fully saturated rings. The normalized spacial score (nSPS) is 11.4. The van der Waals surface area contributed by atoms with Gasteiger partial charge in [-0.15, -0.1) is 0 Å². The molecular formula is C75H42BrCl4F4N3O12S3. The number of hydrogen-bond acceptors (Lipinski definition) is 15. The van der Waals surface area contributed by atoms with Gasteiger partial charge in [-0.1, -0.05) is 134 Å². The van der Waals surface area contributed by atoms with Crippen LogP contribution in [0.3, 0.4) is 0 Å². The van der Waals surface area contributed by atoms with Gasteiger partial charge in [-0.2, -0.15) is 0 Å². The third kappa shape index (κ3) is 14.6. The van der Waals surface area contributed by atoms with Gasteiger partial charge in [0.2, 0.25) is 0 Å². The quantitative estimate of drug-likeness (QED) is 0.0765. The molecule has 0 aliphatic rings. The lowest BCUT2D eigenvalue weighted by atomic mass is 10.1. The van der Waals surface area contributed by atoms with Crippen molar-refractivity contribution < 1.29 is 46.1 Å². The molecular weight excluding hydrogens is 1530 g/mol. The monoisotopic (exact) mass is 1570 g/mol. The number of fused-ring (bicyclic) bond motifs is 9. The Balaban J connectivity index is 0.000000137. The predicted octanol–water partition coefficient (Wildman–Crippen LogP) is 19.0. The van der Waals surface area contributed by atoms with Crippen molar-refractivity contribution in [2.75, 3.05) is 0 Å². The zero-order valence-electron chi connectivity index (χ0n) is 51.7. The maximum atomic E-state index is 13.6. The van der Waals surface area contributed by atoms with E-state index in [1.807, 2.05) is 0 Å². The Kier molecular flexibility index (Phi) is 20.4. The van der Waals surface area contributed by atoms with E-state index in [1.165, 1.54) is 74.4 Å². The second-order valence-corrected chi connectivity index (χ2v) is 28.4. The Hall–Kier alpha value is -9.95. The lowest BCUT2D eigenvalue weighted by molar-refractivity contribution is 0.446. The van der Waals surface area contributed by atoms with Crippen molar-refractivity contribution >= 4 is 163 Å². The molecule has 102 heavy (non-hydrogen) atoms. The molecule has 0 unspecified atom stereocenters. The van der Waals surface area contributed by atoms with Gasteiger partial charge in [0.15, 0.2) is 34.0 Å². The molecule has 3 N–H and O–H groups in total. The minimum absolute atomic E-state index is 0.0188. The molecule has 0 bridgehead atoms. The minimum Gasteiger partial charge on any atom is -0.505 e. The van der Waals surface area contributed by atoms with Crippen molar-refractivity contribution in [3.05, 3.63) is 327 Å². The predicted molar refractivity (Wildman–Crippen MR) is 394 cm³/mol. The first kappa shape index (κ1) is 70.5. The molecule has 0 aliphatic heterocycles. The Morgan fingerprint density at radius 2 is 0.588 bits per heavy atom. The first-order valence-electron chi connectivity index (χ1n) is 30.0. The number of pyridine rings is 3. The van der Waals surface area contributed by atoms with Crippen LogP contribution in [0.5, 0.6) is 17.2 Å². The highest BCUT2D eigenvalue weighted by Crippen LogP contribution is 2.42. The SMILES string of the molecule is O=c1oc2c(c(O)c1Sc1ccc(Br)cc1)c(=O)n(Cc1ccc(F)cc1)c1cc(Cl)ccc21.O=c1oc2c(c(O)c1Sc1ccc(Cl)cc1)c(=O)n(Cc1ccc(F)cc1)c1cc(Cl)ccc21.O=c1oc2c(c(O)c1Sc1ccc(F)cc1)c(=O)n(Cc1ccc(F)cc1)c1cc(Cl)ccc21. The summed E-state index contributed by atoms with van der Waals surface area (Å²) >= 11 is 30.7. The molecule has 0 radical (unpaired) electrons. The Morgan fingerprint density at radius 1 is 0.343 bits per heavy atom. The molecule has 0 saturated heterocycles. The second-order valence-electron chi connectivity index (χ2n) is 22.5. The van der Waals surface area contributed by atoms with Crippen molar-refractivity contribution in [2.24, 2.45) is 0 Å². The smallest absolute Gasteiger partial charge is 0.354 e. The average molecular weight is 1570 g/mol. The first-order valence-corrected chi connectivity index (χ1v) is 34.8. The van der Waals surface area contributed by atoms with E-state index in [1.54, 1.807) is 140 Å². The topological polar surface area (TPSA) is 217 Å². The molecule has 6 aromatic heterocycles. The highest BCUT2D eigenvalue weighted by Gasteiger charge is 2.27. The highest BCUT2D eigenvalue weighted by atomic mass is 79.9. The third-order valence-electron chi connectivity index (χ3n) is 15.9. The van der Waals surface area contributed by atoms with Crippen LogP contribution in [-0.2, 0) is 19.6 Å². The Labute approximate surface area is 611 Å². The molecule has 0 spiro atoms. The van der Waals surface area contributed by atoms with Crippen LogP contribution >= 0.6 is 97.6 Å². The van der Waals surface area contributed by atoms with E-state index < -0.39 is 74.1 Å². The molecule has 0 amide bonds. The summed E-state index contributed by atoms with van der Waals surface area (Å²) in [6.07, 6.45) is 0. The summed E-state index contributed by atoms with van der Waals surface area (Å²) in [6, 6.07) is 50.6. The Bertz CT molecular complexity index is 5650. The number of halogens is 9. The van der Waals surface area contributed by atoms with E-state index in [0.717, 1.165) is 39.8 Å². The van der Waals surface area contributed by atoms with Crippen LogP contribution in [0.1, 0.15) is 16.7 Å². The van der Waals surface area contributed by atoms with Crippen LogP contribution in [0.2, 0.25) is 20.1 Å². The lowest BCUT2D eigenvalue weighted by Crippen LogP contribution is -2.23. The molecule has 6 heterocycles. The van der Waals surface area contributed by atoms with Crippen LogP contribution in [0, 0.1) is 23.3 Å². The van der Waals surface area contributed by atoms with Gasteiger partial charge in [-0.25, -0.2) is 31.9 Å². The molecule has 0 aliphatic carbocycles. The van der Waals surface area contributed by atoms with E-state index in [-0.39, 0.29) is 67.2 Å². The highest BCUT2D eigenvalue weighted by molar-refractivity contribution is 9.10. The standard InChI is InChI=1S/C25H14BrClFNO4S.C25H14Cl2FNO4S.C25H14ClF2NO4S/c2*26-14-3-8-17(9-4-14)34-23-21(30)20-22(33-25(23)32)18-10-5-15(27)11-19(18)29(24(20)31)12-13-1-6-16(28)7-2-13;26-14-3-10-18-19(11-14)29(12-13-1-4-15(27)5-2-13)24(31)20-21(30)23(25(32)33-22(18)20)34-17-8-6-16(28)7-9-17/h3*1-11,30H,12H2. The van der Waals surface area contributed by atoms with Crippen LogP contribution < -0.4 is 33.6 Å². The number of benzene rings is 9.